The third-order valence-corrected chi connectivity index (χ3v) is 4.94. The average Bonchev–Trinajstić information content (AvgIpc) is 3.10. The number of hydrogen-bond acceptors (Lipinski definition) is 4. The van der Waals surface area contributed by atoms with E-state index in [0.717, 1.165) is 0 Å². The van der Waals surface area contributed by atoms with Gasteiger partial charge in [-0.15, -0.1) is 6.42 Å². The number of amides is 2. The van der Waals surface area contributed by atoms with Gasteiger partial charge in [0.05, 0.1) is 16.3 Å². The predicted molar refractivity (Wildman–Crippen MR) is 124 cm³/mol. The lowest BCUT2D eigenvalue weighted by Gasteiger charge is -2.16. The van der Waals surface area contributed by atoms with Gasteiger partial charge in [0.1, 0.15) is 10.3 Å². The zero-order valence-electron chi connectivity index (χ0n) is 17.0. The van der Waals surface area contributed by atoms with Crippen molar-refractivity contribution in [3.05, 3.63) is 68.5 Å². The summed E-state index contributed by atoms with van der Waals surface area (Å²) in [5, 5.41) is 10.3. The van der Waals surface area contributed by atoms with Gasteiger partial charge >= 0.3 is 0 Å². The SMILES string of the molecule is C#Cc1cc(C)c(NC(=O)c2cc(Br)nn2-c2ncccc2Cl)c(C(=O)NC(C)C)c1. The van der Waals surface area contributed by atoms with Crippen molar-refractivity contribution < 1.29 is 9.59 Å². The van der Waals surface area contributed by atoms with Crippen LogP contribution in [-0.2, 0) is 0 Å². The number of hydrogen-bond donors (Lipinski definition) is 2. The molecule has 3 rings (SSSR count). The maximum absolute atomic E-state index is 13.2. The standard InChI is InChI=1S/C22H19BrClN5O2/c1-5-14-9-13(4)19(15(10-14)21(30)26-12(2)3)27-22(31)17-11-18(23)28-29(17)20-16(24)7-6-8-25-20/h1,6-12H,2-4H3,(H,26,30)(H,27,31). The Kier molecular flexibility index (Phi) is 6.78. The minimum atomic E-state index is -0.491. The summed E-state index contributed by atoms with van der Waals surface area (Å²) in [4.78, 5) is 30.2. The molecule has 0 fully saturated rings. The Bertz CT molecular complexity index is 1210. The highest BCUT2D eigenvalue weighted by molar-refractivity contribution is 9.10. The molecule has 1 aromatic carbocycles. The Hall–Kier alpha value is -3.15. The first kappa shape index (κ1) is 22.5. The van der Waals surface area contributed by atoms with E-state index < -0.39 is 5.91 Å². The quantitative estimate of drug-likeness (QED) is 0.509. The molecular formula is C22H19BrClN5O2. The summed E-state index contributed by atoms with van der Waals surface area (Å²) >= 11 is 9.52. The topological polar surface area (TPSA) is 88.9 Å². The van der Waals surface area contributed by atoms with Crippen LogP contribution in [0.4, 0.5) is 5.69 Å². The Balaban J connectivity index is 2.05. The smallest absolute Gasteiger partial charge is 0.274 e. The Morgan fingerprint density at radius 3 is 2.65 bits per heavy atom. The molecule has 31 heavy (non-hydrogen) atoms. The fraction of sp³-hybridized carbons (Fsp3) is 0.182. The van der Waals surface area contributed by atoms with Crippen LogP contribution in [0, 0.1) is 19.3 Å². The maximum atomic E-state index is 13.2. The second-order valence-corrected chi connectivity index (χ2v) is 8.23. The van der Waals surface area contributed by atoms with E-state index in [2.05, 4.69) is 42.6 Å². The van der Waals surface area contributed by atoms with Crippen LogP contribution in [-0.4, -0.2) is 32.6 Å². The molecule has 2 amide bonds. The zero-order chi connectivity index (χ0) is 22.7. The van der Waals surface area contributed by atoms with Gasteiger partial charge in [-0.1, -0.05) is 17.5 Å². The fourth-order valence-corrected chi connectivity index (χ4v) is 3.52. The highest BCUT2D eigenvalue weighted by Crippen LogP contribution is 2.26. The summed E-state index contributed by atoms with van der Waals surface area (Å²) in [6.07, 6.45) is 7.08. The second kappa shape index (κ2) is 9.33. The average molecular weight is 501 g/mol. The van der Waals surface area contributed by atoms with Gasteiger partial charge in [0.2, 0.25) is 0 Å². The van der Waals surface area contributed by atoms with Crippen LogP contribution >= 0.6 is 27.5 Å². The Morgan fingerprint density at radius 2 is 2.00 bits per heavy atom. The number of aromatic nitrogens is 3. The maximum Gasteiger partial charge on any atom is 0.274 e. The molecular weight excluding hydrogens is 482 g/mol. The van der Waals surface area contributed by atoms with E-state index in [-0.39, 0.29) is 23.2 Å². The van der Waals surface area contributed by atoms with E-state index in [1.54, 1.807) is 43.5 Å². The Morgan fingerprint density at radius 1 is 1.26 bits per heavy atom. The van der Waals surface area contributed by atoms with Crippen molar-refractivity contribution in [2.45, 2.75) is 26.8 Å². The highest BCUT2D eigenvalue weighted by Gasteiger charge is 2.22. The summed E-state index contributed by atoms with van der Waals surface area (Å²) in [7, 11) is 0. The molecule has 2 aromatic heterocycles. The number of nitrogens with one attached hydrogen (secondary N) is 2. The molecule has 2 heterocycles. The zero-order valence-corrected chi connectivity index (χ0v) is 19.4. The summed E-state index contributed by atoms with van der Waals surface area (Å²) in [5.74, 6) is 2.01. The highest BCUT2D eigenvalue weighted by atomic mass is 79.9. The molecule has 0 aliphatic rings. The Labute approximate surface area is 193 Å². The number of benzene rings is 1. The first-order valence-corrected chi connectivity index (χ1v) is 10.5. The van der Waals surface area contributed by atoms with Crippen molar-refractivity contribution in [1.82, 2.24) is 20.1 Å². The van der Waals surface area contributed by atoms with Crippen molar-refractivity contribution in [2.24, 2.45) is 0 Å². The molecule has 2 N–H and O–H groups in total. The minimum absolute atomic E-state index is 0.0884. The van der Waals surface area contributed by atoms with E-state index in [4.69, 9.17) is 18.0 Å². The molecule has 3 aromatic rings. The van der Waals surface area contributed by atoms with Crippen molar-refractivity contribution in [1.29, 1.82) is 0 Å². The lowest BCUT2D eigenvalue weighted by atomic mass is 10.0. The molecule has 0 spiro atoms. The summed E-state index contributed by atoms with van der Waals surface area (Å²) < 4.78 is 1.76. The van der Waals surface area contributed by atoms with E-state index in [1.165, 1.54) is 4.68 Å². The minimum Gasteiger partial charge on any atom is -0.350 e. The number of aryl methyl sites for hydroxylation is 1. The van der Waals surface area contributed by atoms with Gasteiger partial charge in [0.25, 0.3) is 11.8 Å². The predicted octanol–water partition coefficient (Wildman–Crippen LogP) is 4.36. The number of carbonyl (C=O) groups excluding carboxylic acids is 2. The lowest BCUT2D eigenvalue weighted by molar-refractivity contribution is 0.0944. The fourth-order valence-electron chi connectivity index (χ4n) is 2.94. The third kappa shape index (κ3) is 4.95. The van der Waals surface area contributed by atoms with Crippen molar-refractivity contribution >= 4 is 45.0 Å². The first-order chi connectivity index (χ1) is 14.7. The van der Waals surface area contributed by atoms with Gasteiger partial charge in [-0.3, -0.25) is 9.59 Å². The first-order valence-electron chi connectivity index (χ1n) is 9.31. The van der Waals surface area contributed by atoms with Crippen LogP contribution in [0.15, 0.2) is 41.1 Å². The number of carbonyl (C=O) groups is 2. The molecule has 7 nitrogen and oxygen atoms in total. The summed E-state index contributed by atoms with van der Waals surface area (Å²) in [6.45, 7) is 5.47. The van der Waals surface area contributed by atoms with Gasteiger partial charge in [-0.2, -0.15) is 5.10 Å². The number of terminal acetylenes is 1. The second-order valence-electron chi connectivity index (χ2n) is 7.02. The van der Waals surface area contributed by atoms with Crippen molar-refractivity contribution in [2.75, 3.05) is 5.32 Å². The van der Waals surface area contributed by atoms with Gasteiger partial charge in [-0.05, 0) is 66.5 Å². The number of halogens is 2. The van der Waals surface area contributed by atoms with Crippen LogP contribution in [0.2, 0.25) is 5.02 Å². The van der Waals surface area contributed by atoms with Gasteiger partial charge in [0.15, 0.2) is 5.82 Å². The van der Waals surface area contributed by atoms with E-state index >= 15 is 0 Å². The number of pyridine rings is 1. The van der Waals surface area contributed by atoms with Gasteiger partial charge in [0, 0.05) is 23.9 Å². The number of nitrogens with zero attached hydrogens (tertiary/aromatic N) is 3. The molecule has 9 heteroatoms. The third-order valence-electron chi connectivity index (χ3n) is 4.26. The van der Waals surface area contributed by atoms with E-state index in [1.807, 2.05) is 13.8 Å². The molecule has 0 unspecified atom stereocenters. The van der Waals surface area contributed by atoms with Crippen molar-refractivity contribution in [3.63, 3.8) is 0 Å². The van der Waals surface area contributed by atoms with Crippen LogP contribution in [0.5, 0.6) is 0 Å². The molecule has 0 aliphatic carbocycles. The van der Waals surface area contributed by atoms with Crippen LogP contribution < -0.4 is 10.6 Å². The molecule has 0 bridgehead atoms. The molecule has 0 saturated carbocycles. The van der Waals surface area contributed by atoms with Crippen LogP contribution in [0.25, 0.3) is 5.82 Å². The molecule has 0 aliphatic heterocycles. The monoisotopic (exact) mass is 499 g/mol. The molecule has 0 atom stereocenters. The van der Waals surface area contributed by atoms with E-state index in [0.29, 0.717) is 32.3 Å². The van der Waals surface area contributed by atoms with Crippen molar-refractivity contribution in [3.8, 4) is 18.2 Å². The van der Waals surface area contributed by atoms with Gasteiger partial charge in [-0.25, -0.2) is 9.67 Å². The number of rotatable bonds is 5. The molecule has 0 saturated heterocycles. The van der Waals surface area contributed by atoms with Gasteiger partial charge < -0.3 is 10.6 Å². The molecule has 158 valence electrons. The van der Waals surface area contributed by atoms with Crippen LogP contribution in [0.1, 0.15) is 45.8 Å². The largest absolute Gasteiger partial charge is 0.350 e. The summed E-state index contributed by atoms with van der Waals surface area (Å²) in [5.41, 5.74) is 2.01. The van der Waals surface area contributed by atoms with E-state index in [9.17, 15) is 9.59 Å². The number of anilines is 1. The van der Waals surface area contributed by atoms with Crippen LogP contribution in [0.3, 0.4) is 0 Å². The lowest BCUT2D eigenvalue weighted by Crippen LogP contribution is -2.31. The molecule has 0 radical (unpaired) electrons. The normalized spacial score (nSPS) is 10.6. The summed E-state index contributed by atoms with van der Waals surface area (Å²) in [6, 6.07) is 8.08.